The number of aryl methyl sites for hydroxylation is 2. The molecule has 2 rings (SSSR count). The zero-order valence-electron chi connectivity index (χ0n) is 10.9. The number of carboxylic acids is 1. The third kappa shape index (κ3) is 2.90. The molecule has 2 heterocycles. The number of rotatable bonds is 5. The van der Waals surface area contributed by atoms with Gasteiger partial charge in [-0.05, 0) is 12.5 Å². The molecule has 100 valence electrons. The molecule has 0 aliphatic rings. The summed E-state index contributed by atoms with van der Waals surface area (Å²) in [6, 6.07) is 1.48. The summed E-state index contributed by atoms with van der Waals surface area (Å²) in [6.45, 7) is 2.57. The third-order valence-electron chi connectivity index (χ3n) is 2.85. The first kappa shape index (κ1) is 13.1. The number of carboxylic acid groups (broad SMARTS) is 1. The normalized spacial score (nSPS) is 10.4. The van der Waals surface area contributed by atoms with Gasteiger partial charge >= 0.3 is 5.97 Å². The monoisotopic (exact) mass is 260 g/mol. The summed E-state index contributed by atoms with van der Waals surface area (Å²) in [4.78, 5) is 15.0. The molecule has 0 radical (unpaired) electrons. The minimum atomic E-state index is -0.966. The fourth-order valence-electron chi connectivity index (χ4n) is 1.94. The van der Waals surface area contributed by atoms with Gasteiger partial charge in [-0.3, -0.25) is 9.67 Å². The van der Waals surface area contributed by atoms with Gasteiger partial charge in [0.1, 0.15) is 0 Å². The molecule has 2 aromatic heterocycles. The lowest BCUT2D eigenvalue weighted by molar-refractivity contribution is 0.0698. The van der Waals surface area contributed by atoms with E-state index in [1.807, 2.05) is 20.2 Å². The van der Waals surface area contributed by atoms with Crippen molar-refractivity contribution in [3.05, 3.63) is 41.5 Å². The molecule has 0 aromatic carbocycles. The van der Waals surface area contributed by atoms with Crippen LogP contribution in [0.2, 0.25) is 0 Å². The van der Waals surface area contributed by atoms with E-state index in [2.05, 4.69) is 15.4 Å². The number of aromatic nitrogens is 3. The van der Waals surface area contributed by atoms with Gasteiger partial charge in [-0.25, -0.2) is 4.79 Å². The van der Waals surface area contributed by atoms with Crippen molar-refractivity contribution in [2.45, 2.75) is 19.9 Å². The van der Waals surface area contributed by atoms with Crippen molar-refractivity contribution in [2.24, 2.45) is 7.05 Å². The van der Waals surface area contributed by atoms with Gasteiger partial charge in [-0.2, -0.15) is 5.10 Å². The minimum Gasteiger partial charge on any atom is -0.478 e. The molecular formula is C13H16N4O2. The molecule has 0 spiro atoms. The van der Waals surface area contributed by atoms with E-state index in [9.17, 15) is 4.79 Å². The number of nitrogens with one attached hydrogen (secondary N) is 1. The highest BCUT2D eigenvalue weighted by molar-refractivity contribution is 5.93. The maximum Gasteiger partial charge on any atom is 0.337 e. The minimum absolute atomic E-state index is 0.219. The van der Waals surface area contributed by atoms with E-state index >= 15 is 0 Å². The van der Waals surface area contributed by atoms with Crippen LogP contribution >= 0.6 is 0 Å². The molecule has 2 aromatic rings. The molecule has 0 saturated heterocycles. The molecule has 0 atom stereocenters. The molecule has 19 heavy (non-hydrogen) atoms. The largest absolute Gasteiger partial charge is 0.478 e. The Morgan fingerprint density at radius 2 is 2.32 bits per heavy atom. The van der Waals surface area contributed by atoms with Gasteiger partial charge < -0.3 is 10.4 Å². The summed E-state index contributed by atoms with van der Waals surface area (Å²) in [6.07, 6.45) is 5.76. The first-order valence-electron chi connectivity index (χ1n) is 6.04. The van der Waals surface area contributed by atoms with Crippen molar-refractivity contribution in [3.63, 3.8) is 0 Å². The Balaban J connectivity index is 2.16. The molecule has 0 aliphatic heterocycles. The van der Waals surface area contributed by atoms with E-state index in [-0.39, 0.29) is 5.56 Å². The standard InChI is InChI=1S/C13H16N4O2/c1-3-11-9(8-17(2)16-11)6-15-12-7-14-5-4-10(12)13(18)19/h4-5,7-8,15H,3,6H2,1-2H3,(H,18,19). The highest BCUT2D eigenvalue weighted by Gasteiger charge is 2.11. The van der Waals surface area contributed by atoms with E-state index in [1.54, 1.807) is 4.68 Å². The predicted molar refractivity (Wildman–Crippen MR) is 71.1 cm³/mol. The van der Waals surface area contributed by atoms with Crippen LogP contribution in [0.5, 0.6) is 0 Å². The highest BCUT2D eigenvalue weighted by Crippen LogP contribution is 2.16. The lowest BCUT2D eigenvalue weighted by atomic mass is 10.2. The van der Waals surface area contributed by atoms with Gasteiger partial charge in [0, 0.05) is 31.5 Å². The number of aromatic carboxylic acids is 1. The van der Waals surface area contributed by atoms with E-state index in [1.165, 1.54) is 18.5 Å². The van der Waals surface area contributed by atoms with Crippen LogP contribution < -0.4 is 5.32 Å². The molecule has 0 bridgehead atoms. The summed E-state index contributed by atoms with van der Waals surface area (Å²) < 4.78 is 1.76. The molecule has 0 amide bonds. The van der Waals surface area contributed by atoms with Crippen LogP contribution in [0.25, 0.3) is 0 Å². The topological polar surface area (TPSA) is 80.0 Å². The quantitative estimate of drug-likeness (QED) is 0.855. The lowest BCUT2D eigenvalue weighted by Crippen LogP contribution is -2.07. The van der Waals surface area contributed by atoms with Gasteiger partial charge in [0.2, 0.25) is 0 Å². The zero-order chi connectivity index (χ0) is 13.8. The second-order valence-electron chi connectivity index (χ2n) is 4.21. The predicted octanol–water partition coefficient (Wildman–Crippen LogP) is 1.69. The van der Waals surface area contributed by atoms with Crippen LogP contribution in [-0.4, -0.2) is 25.8 Å². The van der Waals surface area contributed by atoms with Crippen molar-refractivity contribution in [3.8, 4) is 0 Å². The second kappa shape index (κ2) is 5.51. The molecule has 0 aliphatic carbocycles. The number of hydrogen-bond donors (Lipinski definition) is 2. The van der Waals surface area contributed by atoms with Crippen LogP contribution in [0.4, 0.5) is 5.69 Å². The van der Waals surface area contributed by atoms with E-state index in [0.29, 0.717) is 12.2 Å². The van der Waals surface area contributed by atoms with Crippen LogP contribution in [-0.2, 0) is 20.0 Å². The van der Waals surface area contributed by atoms with Gasteiger partial charge in [-0.1, -0.05) is 6.92 Å². The number of pyridine rings is 1. The van der Waals surface area contributed by atoms with Crippen molar-refractivity contribution in [1.82, 2.24) is 14.8 Å². The summed E-state index contributed by atoms with van der Waals surface area (Å²) in [5.41, 5.74) is 2.80. The molecule has 0 unspecified atom stereocenters. The van der Waals surface area contributed by atoms with Gasteiger partial charge in [-0.15, -0.1) is 0 Å². The summed E-state index contributed by atoms with van der Waals surface area (Å²) in [5, 5.41) is 16.5. The first-order valence-corrected chi connectivity index (χ1v) is 6.04. The maximum absolute atomic E-state index is 11.1. The average Bonchev–Trinajstić information content (AvgIpc) is 2.77. The van der Waals surface area contributed by atoms with Crippen LogP contribution in [0.15, 0.2) is 24.7 Å². The lowest BCUT2D eigenvalue weighted by Gasteiger charge is -2.08. The van der Waals surface area contributed by atoms with E-state index in [4.69, 9.17) is 5.11 Å². The number of anilines is 1. The fourth-order valence-corrected chi connectivity index (χ4v) is 1.94. The molecule has 0 fully saturated rings. The SMILES string of the molecule is CCc1nn(C)cc1CNc1cnccc1C(=O)O. The number of hydrogen-bond acceptors (Lipinski definition) is 4. The zero-order valence-corrected chi connectivity index (χ0v) is 10.9. The van der Waals surface area contributed by atoms with Crippen LogP contribution in [0.3, 0.4) is 0 Å². The Hall–Kier alpha value is -2.37. The summed E-state index contributed by atoms with van der Waals surface area (Å²) in [7, 11) is 1.87. The number of carbonyl (C=O) groups is 1. The Morgan fingerprint density at radius 1 is 1.53 bits per heavy atom. The van der Waals surface area contributed by atoms with E-state index in [0.717, 1.165) is 17.7 Å². The van der Waals surface area contributed by atoms with Crippen LogP contribution in [0, 0.1) is 0 Å². The Morgan fingerprint density at radius 3 is 3.00 bits per heavy atom. The highest BCUT2D eigenvalue weighted by atomic mass is 16.4. The molecule has 2 N–H and O–H groups in total. The third-order valence-corrected chi connectivity index (χ3v) is 2.85. The van der Waals surface area contributed by atoms with Gasteiger partial charge in [0.05, 0.1) is 23.1 Å². The average molecular weight is 260 g/mol. The van der Waals surface area contributed by atoms with Crippen molar-refractivity contribution < 1.29 is 9.90 Å². The maximum atomic E-state index is 11.1. The Bertz CT molecular complexity index is 592. The molecule has 6 heteroatoms. The van der Waals surface area contributed by atoms with Crippen molar-refractivity contribution in [2.75, 3.05) is 5.32 Å². The van der Waals surface area contributed by atoms with Gasteiger partial charge in [0.25, 0.3) is 0 Å². The Kier molecular flexibility index (Phi) is 3.79. The van der Waals surface area contributed by atoms with Crippen molar-refractivity contribution >= 4 is 11.7 Å². The van der Waals surface area contributed by atoms with E-state index < -0.39 is 5.97 Å². The second-order valence-corrected chi connectivity index (χ2v) is 4.21. The smallest absolute Gasteiger partial charge is 0.337 e. The first-order chi connectivity index (χ1) is 9.11. The Labute approximate surface area is 111 Å². The number of nitrogens with zero attached hydrogens (tertiary/aromatic N) is 3. The molecule has 0 saturated carbocycles. The summed E-state index contributed by atoms with van der Waals surface area (Å²) >= 11 is 0. The van der Waals surface area contributed by atoms with Crippen molar-refractivity contribution in [1.29, 1.82) is 0 Å². The fraction of sp³-hybridized carbons (Fsp3) is 0.308. The molecule has 6 nitrogen and oxygen atoms in total. The van der Waals surface area contributed by atoms with Gasteiger partial charge in [0.15, 0.2) is 0 Å². The molecular weight excluding hydrogens is 244 g/mol. The van der Waals surface area contributed by atoms with Crippen LogP contribution in [0.1, 0.15) is 28.5 Å². The summed E-state index contributed by atoms with van der Waals surface area (Å²) in [5.74, 6) is -0.966.